The van der Waals surface area contributed by atoms with Crippen LogP contribution in [0.5, 0.6) is 0 Å². The monoisotopic (exact) mass is 244 g/mol. The molecule has 0 bridgehead atoms. The summed E-state index contributed by atoms with van der Waals surface area (Å²) >= 11 is 0. The van der Waals surface area contributed by atoms with Crippen LogP contribution in [-0.2, 0) is 0 Å². The molecule has 2 heterocycles. The summed E-state index contributed by atoms with van der Waals surface area (Å²) < 4.78 is 0. The van der Waals surface area contributed by atoms with E-state index in [1.807, 2.05) is 29.6 Å². The standard InChI is InChI=1S/C9H10N4.C5H10/c1-10-4-6-13-7-5-12-9-8(13)2-3-11-9;1-2-4-5-3-1/h2-6,11H,1,7H2;1-5H2/b6-4-;. The molecular formula is C14H20N4. The molecule has 0 aromatic carbocycles. The smallest absolute Gasteiger partial charge is 0.153 e. The van der Waals surface area contributed by atoms with Crippen molar-refractivity contribution in [3.8, 4) is 0 Å². The van der Waals surface area contributed by atoms with Crippen molar-refractivity contribution < 1.29 is 0 Å². The number of anilines is 1. The second-order valence-electron chi connectivity index (χ2n) is 4.42. The molecule has 1 aliphatic heterocycles. The molecular weight excluding hydrogens is 224 g/mol. The summed E-state index contributed by atoms with van der Waals surface area (Å²) in [5.41, 5.74) is 1.07. The van der Waals surface area contributed by atoms with Gasteiger partial charge >= 0.3 is 0 Å². The van der Waals surface area contributed by atoms with Crippen LogP contribution in [0.2, 0.25) is 0 Å². The topological polar surface area (TPSA) is 43.8 Å². The maximum atomic E-state index is 4.21. The molecule has 1 saturated carbocycles. The van der Waals surface area contributed by atoms with Gasteiger partial charge < -0.3 is 9.88 Å². The van der Waals surface area contributed by atoms with Gasteiger partial charge in [0.1, 0.15) is 0 Å². The first kappa shape index (κ1) is 12.6. The summed E-state index contributed by atoms with van der Waals surface area (Å²) in [6, 6.07) is 1.99. The highest BCUT2D eigenvalue weighted by Gasteiger charge is 2.11. The highest BCUT2D eigenvalue weighted by atomic mass is 15.2. The zero-order chi connectivity index (χ0) is 12.6. The lowest BCUT2D eigenvalue weighted by molar-refractivity contribution is 0.886. The number of nitrogens with one attached hydrogen (secondary N) is 1. The third-order valence-electron chi connectivity index (χ3n) is 3.11. The van der Waals surface area contributed by atoms with Crippen LogP contribution in [0, 0.1) is 0 Å². The number of rotatable bonds is 2. The van der Waals surface area contributed by atoms with Gasteiger partial charge in [-0.05, 0) is 12.8 Å². The fourth-order valence-corrected chi connectivity index (χ4v) is 2.16. The molecule has 1 aromatic rings. The van der Waals surface area contributed by atoms with E-state index in [9.17, 15) is 0 Å². The molecule has 1 aliphatic carbocycles. The first-order valence-electron chi connectivity index (χ1n) is 6.51. The van der Waals surface area contributed by atoms with Gasteiger partial charge in [0.15, 0.2) is 5.82 Å². The second kappa shape index (κ2) is 6.79. The van der Waals surface area contributed by atoms with E-state index >= 15 is 0 Å². The first-order chi connectivity index (χ1) is 8.92. The third-order valence-corrected chi connectivity index (χ3v) is 3.11. The normalized spacial score (nSPS) is 17.4. The number of aromatic nitrogens is 1. The number of fused-ring (bicyclic) bond motifs is 1. The average Bonchev–Trinajstić information content (AvgIpc) is 3.09. The van der Waals surface area contributed by atoms with E-state index in [4.69, 9.17) is 0 Å². The summed E-state index contributed by atoms with van der Waals surface area (Å²) in [6.45, 7) is 4.16. The maximum Gasteiger partial charge on any atom is 0.153 e. The first-order valence-corrected chi connectivity index (χ1v) is 6.51. The molecule has 96 valence electrons. The van der Waals surface area contributed by atoms with E-state index in [0.717, 1.165) is 18.1 Å². The van der Waals surface area contributed by atoms with E-state index < -0.39 is 0 Å². The highest BCUT2D eigenvalue weighted by Crippen LogP contribution is 2.29. The van der Waals surface area contributed by atoms with E-state index in [1.54, 1.807) is 6.20 Å². The zero-order valence-corrected chi connectivity index (χ0v) is 10.7. The average molecular weight is 244 g/mol. The summed E-state index contributed by atoms with van der Waals surface area (Å²) in [6.07, 6.45) is 14.8. The van der Waals surface area contributed by atoms with E-state index in [0.29, 0.717) is 0 Å². The van der Waals surface area contributed by atoms with Crippen LogP contribution in [0.15, 0.2) is 34.6 Å². The Morgan fingerprint density at radius 2 is 2.00 bits per heavy atom. The Labute approximate surface area is 108 Å². The number of hydrogen-bond acceptors (Lipinski definition) is 3. The van der Waals surface area contributed by atoms with Crippen LogP contribution >= 0.6 is 0 Å². The van der Waals surface area contributed by atoms with Crippen molar-refractivity contribution >= 4 is 24.4 Å². The van der Waals surface area contributed by atoms with E-state index in [1.165, 1.54) is 32.1 Å². The molecule has 3 rings (SSSR count). The van der Waals surface area contributed by atoms with Crippen molar-refractivity contribution in [3.63, 3.8) is 0 Å². The number of hydrogen-bond donors (Lipinski definition) is 1. The van der Waals surface area contributed by atoms with Crippen LogP contribution in [-0.4, -0.2) is 24.5 Å². The molecule has 1 fully saturated rings. The van der Waals surface area contributed by atoms with E-state index in [2.05, 4.69) is 21.7 Å². The molecule has 4 heteroatoms. The minimum absolute atomic E-state index is 0.775. The molecule has 0 unspecified atom stereocenters. The predicted octanol–water partition coefficient (Wildman–Crippen LogP) is 3.66. The van der Waals surface area contributed by atoms with Crippen LogP contribution in [0.4, 0.5) is 11.5 Å². The van der Waals surface area contributed by atoms with Crippen molar-refractivity contribution in [3.05, 3.63) is 24.7 Å². The number of aliphatic imine (C=N–C) groups is 2. The molecule has 0 atom stereocenters. The van der Waals surface area contributed by atoms with Gasteiger partial charge in [0.25, 0.3) is 0 Å². The third kappa shape index (κ3) is 3.32. The Morgan fingerprint density at radius 1 is 1.28 bits per heavy atom. The lowest BCUT2D eigenvalue weighted by Crippen LogP contribution is -2.20. The molecule has 18 heavy (non-hydrogen) atoms. The highest BCUT2D eigenvalue weighted by molar-refractivity contribution is 5.80. The van der Waals surface area contributed by atoms with Gasteiger partial charge in [-0.1, -0.05) is 32.1 Å². The summed E-state index contributed by atoms with van der Waals surface area (Å²) in [5, 5.41) is 0. The van der Waals surface area contributed by atoms with Gasteiger partial charge in [-0.3, -0.25) is 4.99 Å². The fraction of sp³-hybridized carbons (Fsp3) is 0.429. The Bertz CT molecular complexity index is 419. The van der Waals surface area contributed by atoms with Crippen molar-refractivity contribution in [1.29, 1.82) is 0 Å². The van der Waals surface area contributed by atoms with E-state index in [-0.39, 0.29) is 0 Å². The molecule has 0 spiro atoms. The second-order valence-corrected chi connectivity index (χ2v) is 4.42. The van der Waals surface area contributed by atoms with Gasteiger partial charge in [0.2, 0.25) is 0 Å². The zero-order valence-electron chi connectivity index (χ0n) is 10.7. The summed E-state index contributed by atoms with van der Waals surface area (Å²) in [4.78, 5) is 13.0. The molecule has 0 saturated heterocycles. The van der Waals surface area contributed by atoms with Crippen LogP contribution in [0.3, 0.4) is 0 Å². The van der Waals surface area contributed by atoms with Crippen LogP contribution < -0.4 is 4.90 Å². The Kier molecular flexibility index (Phi) is 4.76. The van der Waals surface area contributed by atoms with Crippen molar-refractivity contribution in [1.82, 2.24) is 4.98 Å². The SMILES string of the molecule is C1CCCC1.C=N/C=C\N1CC=Nc2[nH]ccc21. The quantitative estimate of drug-likeness (QED) is 0.793. The molecule has 1 aromatic heterocycles. The van der Waals surface area contributed by atoms with Crippen molar-refractivity contribution in [2.24, 2.45) is 9.98 Å². The molecule has 4 nitrogen and oxygen atoms in total. The van der Waals surface area contributed by atoms with Gasteiger partial charge in [-0.15, -0.1) is 0 Å². The molecule has 1 N–H and O–H groups in total. The Morgan fingerprint density at radius 3 is 2.67 bits per heavy atom. The largest absolute Gasteiger partial charge is 0.345 e. The fourth-order valence-electron chi connectivity index (χ4n) is 2.16. The minimum atomic E-state index is 0.775. The Balaban J connectivity index is 0.000000202. The summed E-state index contributed by atoms with van der Waals surface area (Å²) in [7, 11) is 0. The molecule has 0 amide bonds. The summed E-state index contributed by atoms with van der Waals surface area (Å²) in [5.74, 6) is 0.889. The molecule has 2 aliphatic rings. The van der Waals surface area contributed by atoms with Gasteiger partial charge in [0, 0.05) is 24.8 Å². The van der Waals surface area contributed by atoms with Gasteiger partial charge in [-0.25, -0.2) is 4.99 Å². The predicted molar refractivity (Wildman–Crippen MR) is 78.1 cm³/mol. The number of H-pyrrole nitrogens is 1. The molecule has 0 radical (unpaired) electrons. The van der Waals surface area contributed by atoms with Crippen molar-refractivity contribution in [2.75, 3.05) is 11.4 Å². The lowest BCUT2D eigenvalue weighted by atomic mass is 10.3. The number of aromatic amines is 1. The van der Waals surface area contributed by atoms with Gasteiger partial charge in [-0.2, -0.15) is 0 Å². The number of nitrogens with zero attached hydrogens (tertiary/aromatic N) is 3. The maximum absolute atomic E-state index is 4.21. The minimum Gasteiger partial charge on any atom is -0.345 e. The lowest BCUT2D eigenvalue weighted by Gasteiger charge is -2.19. The van der Waals surface area contributed by atoms with Gasteiger partial charge in [0.05, 0.1) is 12.2 Å². The van der Waals surface area contributed by atoms with Crippen molar-refractivity contribution in [2.45, 2.75) is 32.1 Å². The Hall–Kier alpha value is -1.84. The van der Waals surface area contributed by atoms with Crippen LogP contribution in [0.1, 0.15) is 32.1 Å². The van der Waals surface area contributed by atoms with Crippen LogP contribution in [0.25, 0.3) is 0 Å².